The van der Waals surface area contributed by atoms with Crippen molar-refractivity contribution in [2.75, 3.05) is 37.8 Å². The first-order valence-corrected chi connectivity index (χ1v) is 13.4. The van der Waals surface area contributed by atoms with E-state index in [0.29, 0.717) is 36.7 Å². The zero-order valence-electron chi connectivity index (χ0n) is 22.4. The van der Waals surface area contributed by atoms with Gasteiger partial charge in [0.25, 0.3) is 5.91 Å². The Morgan fingerprint density at radius 1 is 1.05 bits per heavy atom. The molecule has 2 N–H and O–H groups in total. The van der Waals surface area contributed by atoms with E-state index >= 15 is 0 Å². The molecule has 4 rings (SSSR count). The zero-order chi connectivity index (χ0) is 29.1. The molecule has 1 aliphatic heterocycles. The number of nitrogens with one attached hydrogen (secondary N) is 2. The molecule has 1 saturated heterocycles. The molecule has 2 fully saturated rings. The van der Waals surface area contributed by atoms with Crippen LogP contribution in [0.2, 0.25) is 0 Å². The van der Waals surface area contributed by atoms with Crippen LogP contribution in [0.3, 0.4) is 0 Å². The van der Waals surface area contributed by atoms with Gasteiger partial charge in [-0.1, -0.05) is 6.42 Å². The van der Waals surface area contributed by atoms with Gasteiger partial charge in [-0.25, -0.2) is 4.98 Å². The van der Waals surface area contributed by atoms with Gasteiger partial charge in [-0.2, -0.15) is 31.3 Å². The van der Waals surface area contributed by atoms with Crippen molar-refractivity contribution in [1.29, 1.82) is 0 Å². The molecule has 0 spiro atoms. The third-order valence-electron chi connectivity index (χ3n) is 7.82. The molecule has 2 heterocycles. The van der Waals surface area contributed by atoms with Gasteiger partial charge >= 0.3 is 12.4 Å². The summed E-state index contributed by atoms with van der Waals surface area (Å²) in [5.74, 6) is -1.11. The normalized spacial score (nSPS) is 20.9. The molecule has 1 amide bonds. The average molecular weight is 573 g/mol. The lowest BCUT2D eigenvalue weighted by Gasteiger charge is -2.35. The molecule has 2 atom stereocenters. The van der Waals surface area contributed by atoms with Crippen LogP contribution in [0.4, 0.5) is 43.8 Å². The third-order valence-corrected chi connectivity index (χ3v) is 7.82. The highest BCUT2D eigenvalue weighted by Gasteiger charge is 2.38. The number of carbonyl (C=O) groups is 1. The summed E-state index contributed by atoms with van der Waals surface area (Å²) in [6, 6.07) is 6.09. The molecule has 1 aliphatic carbocycles. The number of carbonyl (C=O) groups excluding carboxylic acids is 1. The second-order valence-corrected chi connectivity index (χ2v) is 10.7. The van der Waals surface area contributed by atoms with Crippen molar-refractivity contribution >= 4 is 23.4 Å². The summed E-state index contributed by atoms with van der Waals surface area (Å²) in [5.41, 5.74) is -0.140. The second-order valence-electron chi connectivity index (χ2n) is 10.7. The van der Waals surface area contributed by atoms with Crippen molar-refractivity contribution < 1.29 is 31.1 Å². The van der Waals surface area contributed by atoms with Crippen LogP contribution in [-0.4, -0.2) is 71.1 Å². The largest absolute Gasteiger partial charge is 0.421 e. The highest BCUT2D eigenvalue weighted by atomic mass is 19.4. The van der Waals surface area contributed by atoms with E-state index in [1.54, 1.807) is 36.2 Å². The van der Waals surface area contributed by atoms with Gasteiger partial charge in [-0.05, 0) is 82.4 Å². The molecule has 0 bridgehead atoms. The molecule has 2 aliphatic rings. The van der Waals surface area contributed by atoms with E-state index in [2.05, 4.69) is 25.5 Å². The van der Waals surface area contributed by atoms with Crippen LogP contribution in [0, 0.1) is 5.92 Å². The van der Waals surface area contributed by atoms with Crippen LogP contribution < -0.4 is 10.6 Å². The monoisotopic (exact) mass is 572 g/mol. The first-order valence-electron chi connectivity index (χ1n) is 13.4. The number of aromatic nitrogens is 2. The molecule has 1 saturated carbocycles. The van der Waals surface area contributed by atoms with E-state index in [4.69, 9.17) is 0 Å². The van der Waals surface area contributed by atoms with E-state index < -0.39 is 42.1 Å². The number of amides is 1. The minimum absolute atomic E-state index is 0.108. The number of likely N-dealkylation sites (tertiary alicyclic amines) is 1. The Balaban J connectivity index is 1.45. The molecule has 40 heavy (non-hydrogen) atoms. The van der Waals surface area contributed by atoms with Gasteiger partial charge in [-0.15, -0.1) is 0 Å². The van der Waals surface area contributed by atoms with Gasteiger partial charge in [-0.3, -0.25) is 4.79 Å². The van der Waals surface area contributed by atoms with Gasteiger partial charge < -0.3 is 20.4 Å². The van der Waals surface area contributed by atoms with Crippen molar-refractivity contribution in [3.8, 4) is 0 Å². The van der Waals surface area contributed by atoms with Gasteiger partial charge in [0.15, 0.2) is 0 Å². The second kappa shape index (κ2) is 12.2. The lowest BCUT2D eigenvalue weighted by Crippen LogP contribution is -2.44. The smallest absolute Gasteiger partial charge is 0.366 e. The molecule has 7 nitrogen and oxygen atoms in total. The zero-order valence-corrected chi connectivity index (χ0v) is 22.4. The van der Waals surface area contributed by atoms with Gasteiger partial charge in [0.1, 0.15) is 11.4 Å². The fourth-order valence-corrected chi connectivity index (χ4v) is 5.43. The van der Waals surface area contributed by atoms with Gasteiger partial charge in [0.2, 0.25) is 5.95 Å². The lowest BCUT2D eigenvalue weighted by atomic mass is 9.97. The number of hydrogen-bond donors (Lipinski definition) is 2. The van der Waals surface area contributed by atoms with Gasteiger partial charge in [0.05, 0.1) is 0 Å². The molecule has 0 radical (unpaired) electrons. The number of hydrogen-bond acceptors (Lipinski definition) is 6. The van der Waals surface area contributed by atoms with E-state index in [0.717, 1.165) is 25.9 Å². The first kappa shape index (κ1) is 29.9. The summed E-state index contributed by atoms with van der Waals surface area (Å²) >= 11 is 0. The Morgan fingerprint density at radius 2 is 1.73 bits per heavy atom. The highest BCUT2D eigenvalue weighted by molar-refractivity contribution is 5.94. The summed E-state index contributed by atoms with van der Waals surface area (Å²) in [4.78, 5) is 24.8. The van der Waals surface area contributed by atoms with E-state index in [1.807, 2.05) is 7.05 Å². The summed E-state index contributed by atoms with van der Waals surface area (Å²) in [6.45, 7) is 1.84. The van der Waals surface area contributed by atoms with Crippen LogP contribution >= 0.6 is 0 Å². The summed E-state index contributed by atoms with van der Waals surface area (Å²) in [6.07, 6.45) is -6.18. The Morgan fingerprint density at radius 3 is 2.35 bits per heavy atom. The quantitative estimate of drug-likeness (QED) is 0.361. The van der Waals surface area contributed by atoms with Crippen molar-refractivity contribution in [2.24, 2.45) is 5.92 Å². The first-order chi connectivity index (χ1) is 18.8. The van der Waals surface area contributed by atoms with Gasteiger partial charge in [0, 0.05) is 43.0 Å². The third kappa shape index (κ3) is 7.76. The summed E-state index contributed by atoms with van der Waals surface area (Å²) in [7, 11) is 3.83. The topological polar surface area (TPSA) is 73.4 Å². The van der Waals surface area contributed by atoms with Crippen LogP contribution in [0.25, 0.3) is 0 Å². The maximum absolute atomic E-state index is 13.7. The van der Waals surface area contributed by atoms with Crippen LogP contribution in [0.1, 0.15) is 60.9 Å². The predicted octanol–water partition coefficient (Wildman–Crippen LogP) is 6.33. The number of benzene rings is 1. The fourth-order valence-electron chi connectivity index (χ4n) is 5.43. The molecule has 1 aromatic carbocycles. The average Bonchev–Trinajstić information content (AvgIpc) is 3.33. The molecule has 2 aromatic rings. The maximum Gasteiger partial charge on any atom is 0.421 e. The Kier molecular flexibility index (Phi) is 9.11. The molecular weight excluding hydrogens is 538 g/mol. The molecular formula is C27H34F6N6O. The minimum atomic E-state index is -4.75. The number of piperidine rings is 1. The number of nitrogens with zero attached hydrogens (tertiary/aromatic N) is 4. The van der Waals surface area contributed by atoms with E-state index in [1.165, 1.54) is 0 Å². The summed E-state index contributed by atoms with van der Waals surface area (Å²) in [5, 5.41) is 5.63. The van der Waals surface area contributed by atoms with Crippen molar-refractivity contribution in [1.82, 2.24) is 19.8 Å². The van der Waals surface area contributed by atoms with Crippen molar-refractivity contribution in [2.45, 2.75) is 69.4 Å². The minimum Gasteiger partial charge on any atom is -0.366 e. The Labute approximate surface area is 229 Å². The predicted molar refractivity (Wildman–Crippen MR) is 139 cm³/mol. The SMILES string of the molecule is CN1CCC(N(C)C(=O)c2ccc(Nc3ncc(C(F)(F)F)c(NC4CCC[C@@H]4CCC(F)(F)F)n3)cc2)CC1. The van der Waals surface area contributed by atoms with Crippen LogP contribution in [-0.2, 0) is 6.18 Å². The Bertz CT molecular complexity index is 1150. The maximum atomic E-state index is 13.7. The number of alkyl halides is 6. The number of anilines is 3. The molecule has 1 unspecified atom stereocenters. The van der Waals surface area contributed by atoms with Crippen LogP contribution in [0.15, 0.2) is 30.5 Å². The van der Waals surface area contributed by atoms with Crippen molar-refractivity contribution in [3.05, 3.63) is 41.6 Å². The number of rotatable bonds is 8. The Hall–Kier alpha value is -3.09. The van der Waals surface area contributed by atoms with E-state index in [-0.39, 0.29) is 24.3 Å². The summed E-state index contributed by atoms with van der Waals surface area (Å²) < 4.78 is 79.3. The molecule has 220 valence electrons. The lowest BCUT2D eigenvalue weighted by molar-refractivity contribution is -0.138. The van der Waals surface area contributed by atoms with E-state index in [9.17, 15) is 31.1 Å². The molecule has 1 aromatic heterocycles. The highest BCUT2D eigenvalue weighted by Crippen LogP contribution is 2.38. The van der Waals surface area contributed by atoms with Crippen LogP contribution in [0.5, 0.6) is 0 Å². The standard InChI is InChI=1S/C27H34F6N6O/c1-38-14-11-20(12-15-38)39(2)24(40)18-6-8-19(9-7-18)35-25-34-16-21(27(31,32)33)23(37-25)36-22-5-3-4-17(22)10-13-26(28,29)30/h6-9,16-17,20,22H,3-5,10-15H2,1-2H3,(H2,34,35,36,37)/t17-,22?/m1/s1. The van der Waals surface area contributed by atoms with Crippen molar-refractivity contribution in [3.63, 3.8) is 0 Å². The molecule has 13 heteroatoms. The fraction of sp³-hybridized carbons (Fsp3) is 0.593. The number of halogens is 6.